The van der Waals surface area contributed by atoms with Crippen molar-refractivity contribution in [3.8, 4) is 0 Å². The number of alkyl halides is 2. The summed E-state index contributed by atoms with van der Waals surface area (Å²) in [5.74, 6) is 0. The third-order valence-corrected chi connectivity index (χ3v) is 4.05. The molecular formula is C13H14I-. The van der Waals surface area contributed by atoms with Crippen LogP contribution in [0.4, 0.5) is 0 Å². The fraction of sp³-hybridized carbons (Fsp3) is 0.231. The molecule has 0 bridgehead atoms. The number of benzene rings is 2. The van der Waals surface area contributed by atoms with Crippen LogP contribution in [0.15, 0.2) is 42.5 Å². The van der Waals surface area contributed by atoms with Crippen LogP contribution in [0.5, 0.6) is 0 Å². The summed E-state index contributed by atoms with van der Waals surface area (Å²) in [6.45, 7) is 0. The molecule has 74 valence electrons. The van der Waals surface area contributed by atoms with E-state index < -0.39 is 0 Å². The van der Waals surface area contributed by atoms with Gasteiger partial charge in [-0.3, -0.25) is 0 Å². The minimum absolute atomic E-state index is 0.425. The Balaban J connectivity index is 2.43. The summed E-state index contributed by atoms with van der Waals surface area (Å²) in [6, 6.07) is 15.3. The van der Waals surface area contributed by atoms with Gasteiger partial charge in [0.2, 0.25) is 0 Å². The quantitative estimate of drug-likeness (QED) is 0.557. The summed E-state index contributed by atoms with van der Waals surface area (Å²) in [7, 11) is 0. The zero-order valence-electron chi connectivity index (χ0n) is 8.33. The molecule has 0 amide bonds. The molecular weight excluding hydrogens is 283 g/mol. The van der Waals surface area contributed by atoms with E-state index in [0.29, 0.717) is 21.2 Å². The van der Waals surface area contributed by atoms with Crippen LogP contribution in [0.3, 0.4) is 0 Å². The van der Waals surface area contributed by atoms with Gasteiger partial charge in [-0.1, -0.05) is 0 Å². The van der Waals surface area contributed by atoms with Crippen LogP contribution >= 0.6 is 0 Å². The first-order valence-electron chi connectivity index (χ1n) is 4.82. The summed E-state index contributed by atoms with van der Waals surface area (Å²) in [6.07, 6.45) is 1.26. The molecule has 0 N–H and O–H groups in total. The van der Waals surface area contributed by atoms with Gasteiger partial charge in [-0.2, -0.15) is 0 Å². The van der Waals surface area contributed by atoms with E-state index in [-0.39, 0.29) is 0 Å². The summed E-state index contributed by atoms with van der Waals surface area (Å²) < 4.78 is 1.40. The van der Waals surface area contributed by atoms with Crippen molar-refractivity contribution in [2.75, 3.05) is 9.36 Å². The Morgan fingerprint density at radius 2 is 1.79 bits per heavy atom. The first-order chi connectivity index (χ1) is 6.92. The Morgan fingerprint density at radius 1 is 1.00 bits per heavy atom. The molecule has 14 heavy (non-hydrogen) atoms. The normalized spacial score (nSPS) is 10.9. The predicted molar refractivity (Wildman–Crippen MR) is 58.4 cm³/mol. The molecule has 0 atom stereocenters. The molecule has 0 spiro atoms. The van der Waals surface area contributed by atoms with E-state index in [4.69, 9.17) is 0 Å². The summed E-state index contributed by atoms with van der Waals surface area (Å²) in [5, 5.41) is 2.81. The van der Waals surface area contributed by atoms with Gasteiger partial charge in [0.05, 0.1) is 0 Å². The summed E-state index contributed by atoms with van der Waals surface area (Å²) in [5.41, 5.74) is 1.52. The number of halogens is 1. The molecule has 0 nitrogen and oxygen atoms in total. The second-order valence-electron chi connectivity index (χ2n) is 3.34. The first-order valence-corrected chi connectivity index (χ1v) is 8.50. The van der Waals surface area contributed by atoms with E-state index in [1.807, 2.05) is 0 Å². The zero-order valence-corrected chi connectivity index (χ0v) is 10.5. The van der Waals surface area contributed by atoms with E-state index >= 15 is 0 Å². The molecule has 0 aromatic heterocycles. The molecule has 0 saturated heterocycles. The number of hydrogen-bond acceptors (Lipinski definition) is 0. The fourth-order valence-corrected chi connectivity index (χ4v) is 2.83. The summed E-state index contributed by atoms with van der Waals surface area (Å²) in [4.78, 5) is 2.35. The minimum atomic E-state index is 0.425. The van der Waals surface area contributed by atoms with Crippen molar-refractivity contribution in [2.24, 2.45) is 0 Å². The average Bonchev–Trinajstić information content (AvgIpc) is 2.26. The van der Waals surface area contributed by atoms with Crippen LogP contribution in [0, 0.1) is 0 Å². The van der Waals surface area contributed by atoms with Gasteiger partial charge in [0.15, 0.2) is 0 Å². The Morgan fingerprint density at radius 3 is 2.64 bits per heavy atom. The second kappa shape index (κ2) is 4.78. The van der Waals surface area contributed by atoms with Gasteiger partial charge in [0.25, 0.3) is 0 Å². The molecule has 1 heteroatoms. The van der Waals surface area contributed by atoms with Crippen LogP contribution in [-0.4, -0.2) is 9.36 Å². The molecule has 2 aromatic carbocycles. The van der Waals surface area contributed by atoms with Gasteiger partial charge in [-0.05, 0) is 0 Å². The molecule has 0 unspecified atom stereocenters. The molecule has 0 saturated carbocycles. The predicted octanol–water partition coefficient (Wildman–Crippen LogP) is 0.101. The van der Waals surface area contributed by atoms with E-state index in [1.54, 1.807) is 0 Å². The van der Waals surface area contributed by atoms with Crippen LogP contribution in [0.1, 0.15) is 5.56 Å². The van der Waals surface area contributed by atoms with Crippen molar-refractivity contribution >= 4 is 10.8 Å². The standard InChI is InChI=1S/C13H14I/c1-14-10-9-12-7-4-6-11-5-2-3-8-13(11)12/h2-8H,9-10H2,1H3/q-1. The van der Waals surface area contributed by atoms with Crippen molar-refractivity contribution in [3.63, 3.8) is 0 Å². The Hall–Kier alpha value is -0.570. The zero-order chi connectivity index (χ0) is 9.80. The summed E-state index contributed by atoms with van der Waals surface area (Å²) >= 11 is 0.425. The molecule has 0 aliphatic heterocycles. The Labute approximate surface area is 95.6 Å². The van der Waals surface area contributed by atoms with Gasteiger partial charge < -0.3 is 0 Å². The Kier molecular flexibility index (Phi) is 3.40. The number of rotatable bonds is 3. The molecule has 2 aromatic rings. The third-order valence-electron chi connectivity index (χ3n) is 2.43. The SMILES string of the molecule is C[I-]CCc1cccc2ccccc12. The van der Waals surface area contributed by atoms with Crippen molar-refractivity contribution in [1.29, 1.82) is 0 Å². The monoisotopic (exact) mass is 297 g/mol. The van der Waals surface area contributed by atoms with Crippen LogP contribution in [0.2, 0.25) is 0 Å². The third kappa shape index (κ3) is 2.08. The van der Waals surface area contributed by atoms with E-state index in [2.05, 4.69) is 47.4 Å². The van der Waals surface area contributed by atoms with Crippen molar-refractivity contribution in [3.05, 3.63) is 48.0 Å². The number of hydrogen-bond donors (Lipinski definition) is 0. The van der Waals surface area contributed by atoms with E-state index in [0.717, 1.165) is 0 Å². The van der Waals surface area contributed by atoms with Crippen LogP contribution < -0.4 is 21.2 Å². The Bertz CT molecular complexity index is 415. The molecule has 0 heterocycles. The van der Waals surface area contributed by atoms with E-state index in [1.165, 1.54) is 27.2 Å². The van der Waals surface area contributed by atoms with Gasteiger partial charge in [-0.25, -0.2) is 0 Å². The average molecular weight is 297 g/mol. The van der Waals surface area contributed by atoms with Gasteiger partial charge in [0, 0.05) is 0 Å². The van der Waals surface area contributed by atoms with Crippen LogP contribution in [-0.2, 0) is 6.42 Å². The van der Waals surface area contributed by atoms with Crippen molar-refractivity contribution in [2.45, 2.75) is 6.42 Å². The van der Waals surface area contributed by atoms with Gasteiger partial charge >= 0.3 is 95.8 Å². The van der Waals surface area contributed by atoms with Gasteiger partial charge in [-0.15, -0.1) is 0 Å². The number of fused-ring (bicyclic) bond motifs is 1. The van der Waals surface area contributed by atoms with Gasteiger partial charge in [0.1, 0.15) is 0 Å². The maximum atomic E-state index is 2.35. The topological polar surface area (TPSA) is 0 Å². The first kappa shape index (κ1) is 9.97. The molecule has 0 fully saturated rings. The maximum absolute atomic E-state index is 2.35. The number of aryl methyl sites for hydroxylation is 1. The molecule has 2 rings (SSSR count). The molecule has 0 aliphatic rings. The molecule has 0 aliphatic carbocycles. The fourth-order valence-electron chi connectivity index (χ4n) is 1.71. The van der Waals surface area contributed by atoms with Crippen LogP contribution in [0.25, 0.3) is 10.8 Å². The molecule has 0 radical (unpaired) electrons. The van der Waals surface area contributed by atoms with E-state index in [9.17, 15) is 0 Å². The second-order valence-corrected chi connectivity index (χ2v) is 5.95. The van der Waals surface area contributed by atoms with Crippen molar-refractivity contribution < 1.29 is 21.2 Å². The van der Waals surface area contributed by atoms with Crippen molar-refractivity contribution in [1.82, 2.24) is 0 Å².